The lowest BCUT2D eigenvalue weighted by atomic mass is 9.95. The zero-order valence-corrected chi connectivity index (χ0v) is 40.1. The molecule has 2 unspecified atom stereocenters. The molecule has 1 aromatic heterocycles. The Balaban J connectivity index is 2.38. The first-order valence-electron chi connectivity index (χ1n) is 25.0. The Labute approximate surface area is 382 Å². The average molecular weight is 889 g/mol. The molecule has 0 aromatic carbocycles. The van der Waals surface area contributed by atoms with Crippen LogP contribution in [0.25, 0.3) is 0 Å². The van der Waals surface area contributed by atoms with Crippen molar-refractivity contribution in [3.8, 4) is 0 Å². The van der Waals surface area contributed by atoms with Gasteiger partial charge in [-0.2, -0.15) is 0 Å². The quantitative estimate of drug-likeness (QED) is 0.0203. The van der Waals surface area contributed by atoms with E-state index in [4.69, 9.17) is 28.4 Å². The Morgan fingerprint density at radius 2 is 1.10 bits per heavy atom. The maximum atomic E-state index is 12.7. The van der Waals surface area contributed by atoms with E-state index in [0.717, 1.165) is 116 Å². The molecule has 1 heterocycles. The van der Waals surface area contributed by atoms with Crippen LogP contribution in [0.3, 0.4) is 0 Å². The molecule has 0 aliphatic carbocycles. The predicted octanol–water partition coefficient (Wildman–Crippen LogP) is 13.0. The fourth-order valence-corrected chi connectivity index (χ4v) is 6.99. The molecule has 0 amide bonds. The summed E-state index contributed by atoms with van der Waals surface area (Å²) >= 11 is 0. The van der Waals surface area contributed by atoms with Crippen LogP contribution in [0.2, 0.25) is 0 Å². The van der Waals surface area contributed by atoms with Gasteiger partial charge in [0.1, 0.15) is 12.4 Å². The van der Waals surface area contributed by atoms with Crippen molar-refractivity contribution in [2.24, 2.45) is 5.92 Å². The van der Waals surface area contributed by atoms with Gasteiger partial charge in [0.25, 0.3) is 0 Å². The van der Waals surface area contributed by atoms with Crippen LogP contribution >= 0.6 is 0 Å². The fourth-order valence-electron chi connectivity index (χ4n) is 6.99. The molecule has 362 valence electrons. The molecule has 0 bridgehead atoms. The molecule has 0 N–H and O–H groups in total. The second-order valence-corrected chi connectivity index (χ2v) is 16.5. The highest BCUT2D eigenvalue weighted by Gasteiger charge is 2.20. The van der Waals surface area contributed by atoms with Crippen LogP contribution in [0.1, 0.15) is 207 Å². The van der Waals surface area contributed by atoms with Crippen molar-refractivity contribution in [2.45, 2.75) is 220 Å². The van der Waals surface area contributed by atoms with Gasteiger partial charge >= 0.3 is 24.0 Å². The third-order valence-corrected chi connectivity index (χ3v) is 10.8. The molecule has 12 nitrogen and oxygen atoms in total. The van der Waals surface area contributed by atoms with Gasteiger partial charge in [-0.3, -0.25) is 14.4 Å². The van der Waals surface area contributed by atoms with Gasteiger partial charge in [0.2, 0.25) is 0 Å². The number of ether oxygens (including phenoxy) is 6. The van der Waals surface area contributed by atoms with Gasteiger partial charge in [0, 0.05) is 38.4 Å². The number of allylic oxidation sites excluding steroid dienone is 4. The van der Waals surface area contributed by atoms with Crippen molar-refractivity contribution in [2.75, 3.05) is 33.0 Å². The SMILES string of the molecule is CC/C=C\CCCCOC(CCC(=O)OCCCC(CCCOC(=O)CCCCCCCOC(=O)C(CCCC)CCCCCC)OC(=O)n1ccnc1)OCCCC/C=C\CC. The molecule has 0 spiro atoms. The number of hydrogen-bond acceptors (Lipinski definition) is 11. The van der Waals surface area contributed by atoms with Crippen LogP contribution in [-0.2, 0) is 42.8 Å². The van der Waals surface area contributed by atoms with E-state index in [2.05, 4.69) is 57.0 Å². The maximum absolute atomic E-state index is 12.7. The van der Waals surface area contributed by atoms with E-state index >= 15 is 0 Å². The van der Waals surface area contributed by atoms with Gasteiger partial charge in [-0.25, -0.2) is 14.3 Å². The number of hydrogen-bond donors (Lipinski definition) is 0. The van der Waals surface area contributed by atoms with E-state index in [-0.39, 0.29) is 43.5 Å². The van der Waals surface area contributed by atoms with Crippen LogP contribution < -0.4 is 0 Å². The number of carbonyl (C=O) groups is 4. The Morgan fingerprint density at radius 1 is 0.540 bits per heavy atom. The van der Waals surface area contributed by atoms with E-state index in [0.29, 0.717) is 58.3 Å². The second-order valence-electron chi connectivity index (χ2n) is 16.5. The summed E-state index contributed by atoms with van der Waals surface area (Å²) in [4.78, 5) is 54.4. The Morgan fingerprint density at radius 3 is 1.70 bits per heavy atom. The topological polar surface area (TPSA) is 141 Å². The molecule has 1 rings (SSSR count). The standard InChI is InChI=1S/C51H88N2O10/c1-5-9-13-16-20-25-39-60-49(61-40-26-21-17-14-10-6-2)36-35-48(55)59-43-29-33-46(63-51(57)53-38-37-52-44-53)32-28-42-58-47(54)34-24-19-18-22-27-41-62-50(56)45(30-12-8-4)31-23-15-11-7-3/h9-10,13-14,37-38,44-46,49H,5-8,11-12,15-36,39-43H2,1-4H3/b13-9-,14-10-. The Kier molecular flexibility index (Phi) is 38.7. The van der Waals surface area contributed by atoms with Crippen LogP contribution in [0, 0.1) is 5.92 Å². The highest BCUT2D eigenvalue weighted by molar-refractivity contribution is 5.72. The molecule has 63 heavy (non-hydrogen) atoms. The lowest BCUT2D eigenvalue weighted by molar-refractivity contribution is -0.159. The highest BCUT2D eigenvalue weighted by atomic mass is 16.7. The first-order chi connectivity index (χ1) is 30.8. The van der Waals surface area contributed by atoms with Gasteiger partial charge in [-0.1, -0.05) is 110 Å². The highest BCUT2D eigenvalue weighted by Crippen LogP contribution is 2.20. The molecule has 0 radical (unpaired) electrons. The van der Waals surface area contributed by atoms with Crippen molar-refractivity contribution in [3.05, 3.63) is 43.0 Å². The smallest absolute Gasteiger partial charge is 0.419 e. The summed E-state index contributed by atoms with van der Waals surface area (Å²) in [5.74, 6) is -0.564. The van der Waals surface area contributed by atoms with E-state index in [1.54, 1.807) is 0 Å². The van der Waals surface area contributed by atoms with Crippen LogP contribution in [0.15, 0.2) is 43.0 Å². The molecule has 2 atom stereocenters. The number of nitrogens with zero attached hydrogens (tertiary/aromatic N) is 2. The summed E-state index contributed by atoms with van der Waals surface area (Å²) in [6.07, 6.45) is 35.9. The molecule has 0 saturated carbocycles. The lowest BCUT2D eigenvalue weighted by Crippen LogP contribution is -2.23. The van der Waals surface area contributed by atoms with E-state index in [1.807, 2.05) is 0 Å². The normalized spacial score (nSPS) is 12.6. The molecule has 1 aromatic rings. The molecule has 0 aliphatic rings. The van der Waals surface area contributed by atoms with E-state index in [1.165, 1.54) is 42.6 Å². The molecule has 0 aliphatic heterocycles. The molecule has 0 saturated heterocycles. The third kappa shape index (κ3) is 34.6. The predicted molar refractivity (Wildman–Crippen MR) is 250 cm³/mol. The van der Waals surface area contributed by atoms with Crippen LogP contribution in [0.4, 0.5) is 4.79 Å². The van der Waals surface area contributed by atoms with E-state index < -0.39 is 18.5 Å². The first-order valence-corrected chi connectivity index (χ1v) is 25.0. The van der Waals surface area contributed by atoms with Crippen molar-refractivity contribution < 1.29 is 47.6 Å². The van der Waals surface area contributed by atoms with Gasteiger partial charge < -0.3 is 28.4 Å². The summed E-state index contributed by atoms with van der Waals surface area (Å²) in [6, 6.07) is 0. The summed E-state index contributed by atoms with van der Waals surface area (Å²) in [6.45, 7) is 10.7. The van der Waals surface area contributed by atoms with E-state index in [9.17, 15) is 19.2 Å². The largest absolute Gasteiger partial charge is 0.466 e. The maximum Gasteiger partial charge on any atom is 0.419 e. The van der Waals surface area contributed by atoms with Gasteiger partial charge in [0.05, 0.1) is 32.2 Å². The van der Waals surface area contributed by atoms with Crippen molar-refractivity contribution in [1.29, 1.82) is 0 Å². The van der Waals surface area contributed by atoms with Crippen molar-refractivity contribution >= 4 is 24.0 Å². The van der Waals surface area contributed by atoms with Crippen molar-refractivity contribution in [1.82, 2.24) is 9.55 Å². The van der Waals surface area contributed by atoms with Crippen molar-refractivity contribution in [3.63, 3.8) is 0 Å². The number of esters is 3. The summed E-state index contributed by atoms with van der Waals surface area (Å²) in [7, 11) is 0. The molecular formula is C51H88N2O10. The number of rotatable bonds is 43. The number of aromatic nitrogens is 2. The first kappa shape index (κ1) is 57.5. The minimum Gasteiger partial charge on any atom is -0.466 e. The summed E-state index contributed by atoms with van der Waals surface area (Å²) < 4.78 is 35.8. The Hall–Kier alpha value is -3.51. The summed E-state index contributed by atoms with van der Waals surface area (Å²) in [5.41, 5.74) is 0. The molecule has 0 fully saturated rings. The molecule has 12 heteroatoms. The average Bonchev–Trinajstić information content (AvgIpc) is 3.84. The molecular weight excluding hydrogens is 801 g/mol. The Bertz CT molecular complexity index is 1280. The van der Waals surface area contributed by atoms with Gasteiger partial charge in [-0.05, 0) is 103 Å². The fraction of sp³-hybridized carbons (Fsp3) is 0.784. The third-order valence-electron chi connectivity index (χ3n) is 10.8. The number of unbranched alkanes of at least 4 members (excludes halogenated alkanes) is 12. The lowest BCUT2D eigenvalue weighted by Gasteiger charge is -2.19. The minimum absolute atomic E-state index is 0.0278. The summed E-state index contributed by atoms with van der Waals surface area (Å²) in [5, 5.41) is 0. The van der Waals surface area contributed by atoms with Crippen LogP contribution in [-0.4, -0.2) is 79.0 Å². The number of carbonyl (C=O) groups excluding carboxylic acids is 4. The van der Waals surface area contributed by atoms with Crippen LogP contribution in [0.5, 0.6) is 0 Å². The second kappa shape index (κ2) is 42.4. The number of imidazole rings is 1. The zero-order valence-electron chi connectivity index (χ0n) is 40.1. The monoisotopic (exact) mass is 889 g/mol. The van der Waals surface area contributed by atoms with Gasteiger partial charge in [-0.15, -0.1) is 0 Å². The minimum atomic E-state index is -0.542. The van der Waals surface area contributed by atoms with Gasteiger partial charge in [0.15, 0.2) is 6.29 Å². The zero-order chi connectivity index (χ0) is 45.9.